The number of ether oxygens (including phenoxy) is 1. The van der Waals surface area contributed by atoms with E-state index in [-0.39, 0.29) is 0 Å². The Bertz CT molecular complexity index is 785. The molecular formula is C17H20N4OS3. The van der Waals surface area contributed by atoms with Crippen molar-refractivity contribution in [3.63, 3.8) is 0 Å². The van der Waals surface area contributed by atoms with Crippen LogP contribution in [-0.4, -0.2) is 28.8 Å². The van der Waals surface area contributed by atoms with Crippen LogP contribution < -0.4 is 10.1 Å². The molecule has 0 aliphatic rings. The lowest BCUT2D eigenvalue weighted by Crippen LogP contribution is -1.99. The molecule has 2 aromatic heterocycles. The average molecular weight is 393 g/mol. The first-order valence-corrected chi connectivity index (χ1v) is 10.8. The van der Waals surface area contributed by atoms with Crippen molar-refractivity contribution in [1.29, 1.82) is 0 Å². The van der Waals surface area contributed by atoms with Gasteiger partial charge in [-0.3, -0.25) is 0 Å². The third-order valence-corrected chi connectivity index (χ3v) is 6.43. The summed E-state index contributed by atoms with van der Waals surface area (Å²) in [5.74, 6) is 1.66. The van der Waals surface area contributed by atoms with Crippen molar-refractivity contribution in [3.05, 3.63) is 35.3 Å². The van der Waals surface area contributed by atoms with E-state index in [9.17, 15) is 0 Å². The molecule has 0 atom stereocenters. The zero-order chi connectivity index (χ0) is 17.5. The van der Waals surface area contributed by atoms with Crippen LogP contribution in [0.2, 0.25) is 0 Å². The Hall–Kier alpha value is -1.64. The SMILES string of the molecule is CCCCNc1nnc(SCc2csc(-c3ccc(OC)cc3)n2)s1. The van der Waals surface area contributed by atoms with Crippen LogP contribution in [0.15, 0.2) is 34.0 Å². The number of benzene rings is 1. The monoisotopic (exact) mass is 392 g/mol. The maximum absolute atomic E-state index is 5.19. The molecule has 0 saturated heterocycles. The highest BCUT2D eigenvalue weighted by molar-refractivity contribution is 8.00. The van der Waals surface area contributed by atoms with Gasteiger partial charge in [-0.05, 0) is 30.7 Å². The Labute approximate surface area is 159 Å². The van der Waals surface area contributed by atoms with E-state index in [1.165, 1.54) is 6.42 Å². The fourth-order valence-corrected chi connectivity index (χ4v) is 4.69. The van der Waals surface area contributed by atoms with Gasteiger partial charge in [0.05, 0.1) is 12.8 Å². The standard InChI is InChI=1S/C17H20N4OS3/c1-3-4-9-18-16-20-21-17(25-16)24-11-13-10-23-15(19-13)12-5-7-14(22-2)8-6-12/h5-8,10H,3-4,9,11H2,1-2H3,(H,18,20). The van der Waals surface area contributed by atoms with Crippen LogP contribution in [-0.2, 0) is 5.75 Å². The number of hydrogen-bond acceptors (Lipinski definition) is 8. The fourth-order valence-electron chi connectivity index (χ4n) is 2.09. The van der Waals surface area contributed by atoms with Crippen LogP contribution in [0, 0.1) is 0 Å². The van der Waals surface area contributed by atoms with Crippen LogP contribution >= 0.6 is 34.4 Å². The molecule has 0 radical (unpaired) electrons. The molecule has 3 rings (SSSR count). The van der Waals surface area contributed by atoms with Crippen molar-refractivity contribution in [2.24, 2.45) is 0 Å². The summed E-state index contributed by atoms with van der Waals surface area (Å²) >= 11 is 4.94. The molecule has 8 heteroatoms. The van der Waals surface area contributed by atoms with Crippen molar-refractivity contribution in [3.8, 4) is 16.3 Å². The first kappa shape index (κ1) is 18.2. The molecule has 1 N–H and O–H groups in total. The predicted octanol–water partition coefficient (Wildman–Crippen LogP) is 5.17. The lowest BCUT2D eigenvalue weighted by atomic mass is 10.2. The van der Waals surface area contributed by atoms with Crippen molar-refractivity contribution in [2.75, 3.05) is 19.0 Å². The Morgan fingerprint density at radius 1 is 1.20 bits per heavy atom. The van der Waals surface area contributed by atoms with E-state index in [0.717, 1.165) is 50.2 Å². The predicted molar refractivity (Wildman–Crippen MR) is 107 cm³/mol. The summed E-state index contributed by atoms with van der Waals surface area (Å²) < 4.78 is 6.16. The maximum Gasteiger partial charge on any atom is 0.206 e. The molecule has 25 heavy (non-hydrogen) atoms. The Morgan fingerprint density at radius 3 is 2.80 bits per heavy atom. The van der Waals surface area contributed by atoms with Crippen LogP contribution in [0.25, 0.3) is 10.6 Å². The lowest BCUT2D eigenvalue weighted by molar-refractivity contribution is 0.415. The molecule has 1 aromatic carbocycles. The third-order valence-electron chi connectivity index (χ3n) is 3.45. The number of methoxy groups -OCH3 is 1. The van der Waals surface area contributed by atoms with Gasteiger partial charge in [0.2, 0.25) is 5.13 Å². The van der Waals surface area contributed by atoms with Gasteiger partial charge in [0, 0.05) is 23.2 Å². The fraction of sp³-hybridized carbons (Fsp3) is 0.353. The lowest BCUT2D eigenvalue weighted by Gasteiger charge is -2.00. The smallest absolute Gasteiger partial charge is 0.206 e. The van der Waals surface area contributed by atoms with Gasteiger partial charge in [-0.1, -0.05) is 36.4 Å². The van der Waals surface area contributed by atoms with Crippen molar-refractivity contribution in [1.82, 2.24) is 15.2 Å². The van der Waals surface area contributed by atoms with E-state index in [2.05, 4.69) is 27.8 Å². The number of thioether (sulfide) groups is 1. The van der Waals surface area contributed by atoms with E-state index >= 15 is 0 Å². The number of aromatic nitrogens is 3. The Balaban J connectivity index is 1.54. The number of anilines is 1. The van der Waals surface area contributed by atoms with Crippen molar-refractivity contribution in [2.45, 2.75) is 29.9 Å². The number of nitrogens with zero attached hydrogens (tertiary/aromatic N) is 3. The van der Waals surface area contributed by atoms with E-state index in [1.54, 1.807) is 41.5 Å². The minimum absolute atomic E-state index is 0.802. The third kappa shape index (κ3) is 5.17. The summed E-state index contributed by atoms with van der Waals surface area (Å²) in [7, 11) is 1.67. The highest BCUT2D eigenvalue weighted by Gasteiger charge is 2.08. The molecule has 0 saturated carbocycles. The van der Waals surface area contributed by atoms with Crippen LogP contribution in [0.1, 0.15) is 25.5 Å². The second-order valence-corrected chi connectivity index (χ2v) is 8.37. The molecule has 0 bridgehead atoms. The zero-order valence-corrected chi connectivity index (χ0v) is 16.6. The molecule has 0 unspecified atom stereocenters. The summed E-state index contributed by atoms with van der Waals surface area (Å²) in [5, 5.41) is 15.7. The number of nitrogens with one attached hydrogen (secondary N) is 1. The minimum atomic E-state index is 0.802. The summed E-state index contributed by atoms with van der Waals surface area (Å²) in [6, 6.07) is 7.99. The number of rotatable bonds is 9. The van der Waals surface area contributed by atoms with E-state index in [0.29, 0.717) is 0 Å². The van der Waals surface area contributed by atoms with Crippen molar-refractivity contribution < 1.29 is 4.74 Å². The van der Waals surface area contributed by atoms with E-state index in [4.69, 9.17) is 9.72 Å². The molecule has 0 spiro atoms. The normalized spacial score (nSPS) is 10.8. The van der Waals surface area contributed by atoms with E-state index in [1.807, 2.05) is 24.3 Å². The second kappa shape index (κ2) is 9.17. The minimum Gasteiger partial charge on any atom is -0.497 e. The van der Waals surface area contributed by atoms with Gasteiger partial charge < -0.3 is 10.1 Å². The molecule has 5 nitrogen and oxygen atoms in total. The van der Waals surface area contributed by atoms with Gasteiger partial charge in [0.25, 0.3) is 0 Å². The molecule has 0 aliphatic heterocycles. The Kier molecular flexibility index (Phi) is 6.66. The van der Waals surface area contributed by atoms with Gasteiger partial charge in [0.1, 0.15) is 10.8 Å². The zero-order valence-electron chi connectivity index (χ0n) is 14.2. The summed E-state index contributed by atoms with van der Waals surface area (Å²) in [4.78, 5) is 4.72. The first-order valence-electron chi connectivity index (χ1n) is 8.07. The Morgan fingerprint density at radius 2 is 2.04 bits per heavy atom. The first-order chi connectivity index (χ1) is 12.3. The molecule has 0 amide bonds. The van der Waals surface area contributed by atoms with Crippen molar-refractivity contribution >= 4 is 39.6 Å². The van der Waals surface area contributed by atoms with Gasteiger partial charge in [-0.15, -0.1) is 21.5 Å². The van der Waals surface area contributed by atoms with E-state index < -0.39 is 0 Å². The van der Waals surface area contributed by atoms with Gasteiger partial charge >= 0.3 is 0 Å². The highest BCUT2D eigenvalue weighted by atomic mass is 32.2. The highest BCUT2D eigenvalue weighted by Crippen LogP contribution is 2.31. The number of thiazole rings is 1. The van der Waals surface area contributed by atoms with Crippen LogP contribution in [0.5, 0.6) is 5.75 Å². The second-order valence-electron chi connectivity index (χ2n) is 5.31. The van der Waals surface area contributed by atoms with Gasteiger partial charge in [-0.25, -0.2) is 4.98 Å². The topological polar surface area (TPSA) is 59.9 Å². The molecule has 3 aromatic rings. The average Bonchev–Trinajstić information content (AvgIpc) is 3.30. The maximum atomic E-state index is 5.19. The number of hydrogen-bond donors (Lipinski definition) is 1. The van der Waals surface area contributed by atoms with Gasteiger partial charge in [-0.2, -0.15) is 0 Å². The van der Waals surface area contributed by atoms with Crippen LogP contribution in [0.4, 0.5) is 5.13 Å². The molecule has 0 fully saturated rings. The molecule has 2 heterocycles. The molecule has 132 valence electrons. The number of unbranched alkanes of at least 4 members (excludes halogenated alkanes) is 1. The molecular weight excluding hydrogens is 372 g/mol. The quantitative estimate of drug-likeness (QED) is 0.400. The van der Waals surface area contributed by atoms with Gasteiger partial charge in [0.15, 0.2) is 4.34 Å². The summed E-state index contributed by atoms with van der Waals surface area (Å²) in [6.45, 7) is 3.13. The molecule has 0 aliphatic carbocycles. The summed E-state index contributed by atoms with van der Waals surface area (Å²) in [6.07, 6.45) is 2.32. The van der Waals surface area contributed by atoms with Crippen LogP contribution in [0.3, 0.4) is 0 Å². The summed E-state index contributed by atoms with van der Waals surface area (Å²) in [5.41, 5.74) is 2.18. The largest absolute Gasteiger partial charge is 0.497 e.